The third-order valence-corrected chi connectivity index (χ3v) is 4.48. The predicted octanol–water partition coefficient (Wildman–Crippen LogP) is 2.84. The van der Waals surface area contributed by atoms with Gasteiger partial charge in [0.1, 0.15) is 6.61 Å². The molecule has 2 amide bonds. The van der Waals surface area contributed by atoms with E-state index >= 15 is 0 Å². The van der Waals surface area contributed by atoms with Gasteiger partial charge in [-0.15, -0.1) is 0 Å². The summed E-state index contributed by atoms with van der Waals surface area (Å²) in [6.07, 6.45) is 1.86. The summed E-state index contributed by atoms with van der Waals surface area (Å²) in [5.74, 6) is 0.190. The number of hydrogen-bond acceptors (Lipinski definition) is 5. The Morgan fingerprint density at radius 2 is 1.73 bits per heavy atom. The Kier molecular flexibility index (Phi) is 8.80. The number of pyridine rings is 1. The number of hydrogen-bond donors (Lipinski definition) is 2. The Morgan fingerprint density at radius 1 is 1.00 bits per heavy atom. The lowest BCUT2D eigenvalue weighted by Gasteiger charge is -2.19. The number of amides is 2. The molecule has 30 heavy (non-hydrogen) atoms. The van der Waals surface area contributed by atoms with E-state index in [1.54, 1.807) is 19.4 Å². The molecule has 0 atom stereocenters. The van der Waals surface area contributed by atoms with Crippen molar-refractivity contribution in [2.75, 3.05) is 26.9 Å². The van der Waals surface area contributed by atoms with Crippen LogP contribution >= 0.6 is 0 Å². The Balaban J connectivity index is 1.69. The molecule has 0 fully saturated rings. The summed E-state index contributed by atoms with van der Waals surface area (Å²) < 4.78 is 10.3. The fourth-order valence-electron chi connectivity index (χ4n) is 2.63. The maximum atomic E-state index is 12.2. The van der Waals surface area contributed by atoms with E-state index in [2.05, 4.69) is 36.4 Å². The quantitative estimate of drug-likeness (QED) is 0.585. The molecular weight excluding hydrogens is 382 g/mol. The van der Waals surface area contributed by atoms with Gasteiger partial charge >= 0.3 is 0 Å². The van der Waals surface area contributed by atoms with E-state index in [-0.39, 0.29) is 30.2 Å². The van der Waals surface area contributed by atoms with Gasteiger partial charge in [0.25, 0.3) is 5.91 Å². The monoisotopic (exact) mass is 413 g/mol. The molecule has 1 aromatic heterocycles. The summed E-state index contributed by atoms with van der Waals surface area (Å²) in [5.41, 5.74) is 2.66. The van der Waals surface area contributed by atoms with E-state index in [9.17, 15) is 9.59 Å². The largest absolute Gasteiger partial charge is 0.475 e. The average molecular weight is 414 g/mol. The lowest BCUT2D eigenvalue weighted by atomic mass is 9.87. The maximum Gasteiger partial charge on any atom is 0.251 e. The van der Waals surface area contributed by atoms with Crippen LogP contribution in [0.5, 0.6) is 5.88 Å². The molecule has 0 radical (unpaired) electrons. The van der Waals surface area contributed by atoms with E-state index in [1.807, 2.05) is 30.3 Å². The van der Waals surface area contributed by atoms with Crippen LogP contribution in [0.2, 0.25) is 0 Å². The van der Waals surface area contributed by atoms with Gasteiger partial charge in [0.2, 0.25) is 11.8 Å². The van der Waals surface area contributed by atoms with Crippen molar-refractivity contribution in [1.29, 1.82) is 0 Å². The van der Waals surface area contributed by atoms with Crippen LogP contribution in [0, 0.1) is 0 Å². The SMILES string of the molecule is COCCOc1ccc(CNC(=O)CCNC(=O)c2ccc(C(C)(C)C)cc2)cn1. The number of carbonyl (C=O) groups excluding carboxylic acids is 2. The number of aromatic nitrogens is 1. The number of methoxy groups -OCH3 is 1. The van der Waals surface area contributed by atoms with Gasteiger partial charge in [-0.2, -0.15) is 0 Å². The topological polar surface area (TPSA) is 89.5 Å². The minimum atomic E-state index is -0.184. The van der Waals surface area contributed by atoms with Crippen molar-refractivity contribution in [3.05, 3.63) is 59.3 Å². The number of nitrogens with one attached hydrogen (secondary N) is 2. The van der Waals surface area contributed by atoms with Crippen LogP contribution < -0.4 is 15.4 Å². The molecule has 1 aromatic carbocycles. The van der Waals surface area contributed by atoms with E-state index in [0.29, 0.717) is 31.2 Å². The van der Waals surface area contributed by atoms with Crippen LogP contribution in [-0.4, -0.2) is 43.7 Å². The second kappa shape index (κ2) is 11.3. The molecule has 0 spiro atoms. The van der Waals surface area contributed by atoms with Crippen molar-refractivity contribution in [3.63, 3.8) is 0 Å². The summed E-state index contributed by atoms with van der Waals surface area (Å²) in [5, 5.41) is 5.60. The first kappa shape index (κ1) is 23.3. The van der Waals surface area contributed by atoms with Crippen LogP contribution in [0.25, 0.3) is 0 Å². The van der Waals surface area contributed by atoms with Crippen molar-refractivity contribution in [2.45, 2.75) is 39.2 Å². The van der Waals surface area contributed by atoms with Crippen LogP contribution in [0.15, 0.2) is 42.6 Å². The number of ether oxygens (including phenoxy) is 2. The Morgan fingerprint density at radius 3 is 2.33 bits per heavy atom. The summed E-state index contributed by atoms with van der Waals surface area (Å²) in [7, 11) is 1.61. The van der Waals surface area contributed by atoms with Gasteiger partial charge in [0.05, 0.1) is 6.61 Å². The minimum Gasteiger partial charge on any atom is -0.475 e. The molecule has 1 heterocycles. The molecule has 2 rings (SSSR count). The molecule has 2 aromatic rings. The van der Waals surface area contributed by atoms with Crippen molar-refractivity contribution in [1.82, 2.24) is 15.6 Å². The highest BCUT2D eigenvalue weighted by Crippen LogP contribution is 2.22. The molecule has 0 aliphatic heterocycles. The molecular formula is C23H31N3O4. The highest BCUT2D eigenvalue weighted by atomic mass is 16.5. The number of nitrogens with zero attached hydrogens (tertiary/aromatic N) is 1. The zero-order valence-corrected chi connectivity index (χ0v) is 18.2. The Bertz CT molecular complexity index is 812. The molecule has 7 heteroatoms. The maximum absolute atomic E-state index is 12.2. The Hall–Kier alpha value is -2.93. The molecule has 7 nitrogen and oxygen atoms in total. The van der Waals surface area contributed by atoms with Gasteiger partial charge in [-0.3, -0.25) is 9.59 Å². The molecule has 0 aliphatic rings. The number of carbonyl (C=O) groups is 2. The standard InChI is InChI=1S/C23H31N3O4/c1-23(2,3)19-8-6-18(7-9-19)22(28)24-12-11-20(27)25-15-17-5-10-21(26-16-17)30-14-13-29-4/h5-10,16H,11-15H2,1-4H3,(H,24,28)(H,25,27). The summed E-state index contributed by atoms with van der Waals surface area (Å²) >= 11 is 0. The first-order valence-electron chi connectivity index (χ1n) is 10.0. The van der Waals surface area contributed by atoms with E-state index in [1.165, 1.54) is 5.56 Å². The second-order valence-corrected chi connectivity index (χ2v) is 7.96. The molecule has 0 aliphatic carbocycles. The molecule has 162 valence electrons. The van der Waals surface area contributed by atoms with Gasteiger partial charge in [0, 0.05) is 44.4 Å². The average Bonchev–Trinajstić information content (AvgIpc) is 2.73. The highest BCUT2D eigenvalue weighted by molar-refractivity contribution is 5.94. The highest BCUT2D eigenvalue weighted by Gasteiger charge is 2.14. The zero-order chi connectivity index (χ0) is 22.0. The first-order valence-corrected chi connectivity index (χ1v) is 10.0. The van der Waals surface area contributed by atoms with Crippen LogP contribution in [0.4, 0.5) is 0 Å². The molecule has 0 bridgehead atoms. The second-order valence-electron chi connectivity index (χ2n) is 7.96. The Labute approximate surface area is 178 Å². The molecule has 0 saturated carbocycles. The zero-order valence-electron chi connectivity index (χ0n) is 18.2. The lowest BCUT2D eigenvalue weighted by Crippen LogP contribution is -2.30. The molecule has 2 N–H and O–H groups in total. The van der Waals surface area contributed by atoms with E-state index in [4.69, 9.17) is 9.47 Å². The van der Waals surface area contributed by atoms with Gasteiger partial charge in [-0.05, 0) is 28.7 Å². The van der Waals surface area contributed by atoms with Crippen LogP contribution in [0.1, 0.15) is 48.7 Å². The predicted molar refractivity (Wildman–Crippen MR) is 116 cm³/mol. The van der Waals surface area contributed by atoms with E-state index in [0.717, 1.165) is 5.56 Å². The number of benzene rings is 1. The summed E-state index contributed by atoms with van der Waals surface area (Å²) in [6, 6.07) is 11.1. The third kappa shape index (κ3) is 7.83. The van der Waals surface area contributed by atoms with Crippen molar-refractivity contribution in [2.24, 2.45) is 0 Å². The summed E-state index contributed by atoms with van der Waals surface area (Å²) in [6.45, 7) is 7.96. The van der Waals surface area contributed by atoms with Crippen molar-refractivity contribution in [3.8, 4) is 5.88 Å². The third-order valence-electron chi connectivity index (χ3n) is 4.48. The molecule has 0 unspecified atom stereocenters. The lowest BCUT2D eigenvalue weighted by molar-refractivity contribution is -0.121. The van der Waals surface area contributed by atoms with Gasteiger partial charge in [0.15, 0.2) is 0 Å². The smallest absolute Gasteiger partial charge is 0.251 e. The van der Waals surface area contributed by atoms with Crippen molar-refractivity contribution < 1.29 is 19.1 Å². The normalized spacial score (nSPS) is 11.1. The van der Waals surface area contributed by atoms with Crippen LogP contribution in [0.3, 0.4) is 0 Å². The first-order chi connectivity index (χ1) is 14.3. The fraction of sp³-hybridized carbons (Fsp3) is 0.435. The van der Waals surface area contributed by atoms with E-state index < -0.39 is 0 Å². The van der Waals surface area contributed by atoms with Gasteiger partial charge in [-0.25, -0.2) is 4.98 Å². The fourth-order valence-corrected chi connectivity index (χ4v) is 2.63. The minimum absolute atomic E-state index is 0.0416. The van der Waals surface area contributed by atoms with Gasteiger partial charge < -0.3 is 20.1 Å². The molecule has 0 saturated heterocycles. The van der Waals surface area contributed by atoms with Crippen LogP contribution in [-0.2, 0) is 21.5 Å². The van der Waals surface area contributed by atoms with Gasteiger partial charge in [-0.1, -0.05) is 39.0 Å². The number of rotatable bonds is 10. The van der Waals surface area contributed by atoms with Crippen molar-refractivity contribution >= 4 is 11.8 Å². The summed E-state index contributed by atoms with van der Waals surface area (Å²) in [4.78, 5) is 28.4.